The van der Waals surface area contributed by atoms with E-state index in [0.29, 0.717) is 6.54 Å². The molecule has 110 valence electrons. The summed E-state index contributed by atoms with van der Waals surface area (Å²) in [5, 5.41) is 0. The Kier molecular flexibility index (Phi) is 4.54. The van der Waals surface area contributed by atoms with Crippen molar-refractivity contribution in [1.29, 1.82) is 0 Å². The molecule has 2 aliphatic rings. The first-order valence-corrected chi connectivity index (χ1v) is 8.75. The van der Waals surface area contributed by atoms with Crippen molar-refractivity contribution in [2.45, 2.75) is 37.2 Å². The summed E-state index contributed by atoms with van der Waals surface area (Å²) in [5.41, 5.74) is 8.72. The third-order valence-corrected chi connectivity index (χ3v) is 5.31. The lowest BCUT2D eigenvalue weighted by molar-refractivity contribution is 0.248. The topological polar surface area (TPSA) is 32.5 Å². The van der Waals surface area contributed by atoms with Gasteiger partial charge >= 0.3 is 0 Å². The monoisotopic (exact) mass is 291 g/mol. The van der Waals surface area contributed by atoms with E-state index in [1.54, 1.807) is 0 Å². The zero-order valence-corrected chi connectivity index (χ0v) is 13.2. The van der Waals surface area contributed by atoms with Crippen LogP contribution in [0.3, 0.4) is 0 Å². The second-order valence-electron chi connectivity index (χ2n) is 5.65. The first kappa shape index (κ1) is 14.2. The number of thioether (sulfide) groups is 1. The number of nitrogens with zero attached hydrogens (tertiary/aromatic N) is 2. The van der Waals surface area contributed by atoms with Gasteiger partial charge in [0.25, 0.3) is 0 Å². The first-order chi connectivity index (χ1) is 9.83. The highest BCUT2D eigenvalue weighted by atomic mass is 32.2. The molecule has 3 nitrogen and oxygen atoms in total. The highest BCUT2D eigenvalue weighted by molar-refractivity contribution is 7.99. The van der Waals surface area contributed by atoms with Crippen LogP contribution in [-0.2, 0) is 6.54 Å². The molecule has 2 N–H and O–H groups in total. The normalized spacial score (nSPS) is 20.4. The summed E-state index contributed by atoms with van der Waals surface area (Å²) in [4.78, 5) is 6.54. The van der Waals surface area contributed by atoms with Gasteiger partial charge in [-0.3, -0.25) is 4.90 Å². The predicted molar refractivity (Wildman–Crippen MR) is 87.5 cm³/mol. The zero-order chi connectivity index (χ0) is 13.9. The van der Waals surface area contributed by atoms with Crippen molar-refractivity contribution in [1.82, 2.24) is 4.90 Å². The first-order valence-electron chi connectivity index (χ1n) is 7.77. The largest absolute Gasteiger partial charge is 0.369 e. The SMILES string of the molecule is CCSc1cccc(N2CCN(C3CC3)CC2)c1CN. The van der Waals surface area contributed by atoms with E-state index in [-0.39, 0.29) is 0 Å². The number of rotatable bonds is 5. The average Bonchev–Trinajstić information content (AvgIpc) is 3.32. The molecule has 20 heavy (non-hydrogen) atoms. The molecule has 0 bridgehead atoms. The van der Waals surface area contributed by atoms with E-state index in [4.69, 9.17) is 5.73 Å². The molecule has 0 aromatic heterocycles. The third-order valence-electron chi connectivity index (χ3n) is 4.33. The molecule has 0 radical (unpaired) electrons. The van der Waals surface area contributed by atoms with Gasteiger partial charge in [0.05, 0.1) is 0 Å². The number of hydrogen-bond donors (Lipinski definition) is 1. The lowest BCUT2D eigenvalue weighted by Crippen LogP contribution is -2.47. The van der Waals surface area contributed by atoms with Crippen molar-refractivity contribution in [3.8, 4) is 0 Å². The minimum absolute atomic E-state index is 0.640. The number of anilines is 1. The fourth-order valence-electron chi connectivity index (χ4n) is 3.11. The second-order valence-corrected chi connectivity index (χ2v) is 6.95. The summed E-state index contributed by atoms with van der Waals surface area (Å²) in [6.07, 6.45) is 2.83. The van der Waals surface area contributed by atoms with Crippen LogP contribution in [0.4, 0.5) is 5.69 Å². The molecule has 1 aromatic rings. The van der Waals surface area contributed by atoms with E-state index < -0.39 is 0 Å². The minimum atomic E-state index is 0.640. The standard InChI is InChI=1S/C16H25N3S/c1-2-20-16-5-3-4-15(14(16)12-17)19-10-8-18(9-11-19)13-6-7-13/h3-5,13H,2,6-12,17H2,1H3. The van der Waals surface area contributed by atoms with Gasteiger partial charge in [-0.25, -0.2) is 0 Å². The quantitative estimate of drug-likeness (QED) is 0.845. The van der Waals surface area contributed by atoms with Crippen LogP contribution in [0.25, 0.3) is 0 Å². The molecule has 1 aliphatic heterocycles. The van der Waals surface area contributed by atoms with Crippen LogP contribution >= 0.6 is 11.8 Å². The number of benzene rings is 1. The third kappa shape index (κ3) is 2.97. The van der Waals surface area contributed by atoms with Crippen LogP contribution in [0.1, 0.15) is 25.3 Å². The van der Waals surface area contributed by atoms with E-state index in [0.717, 1.165) is 24.9 Å². The fraction of sp³-hybridized carbons (Fsp3) is 0.625. The lowest BCUT2D eigenvalue weighted by atomic mass is 10.1. The second kappa shape index (κ2) is 6.37. The zero-order valence-electron chi connectivity index (χ0n) is 12.3. The van der Waals surface area contributed by atoms with Crippen LogP contribution in [0.15, 0.2) is 23.1 Å². The minimum Gasteiger partial charge on any atom is -0.369 e. The Morgan fingerprint density at radius 2 is 1.95 bits per heavy atom. The highest BCUT2D eigenvalue weighted by Crippen LogP contribution is 2.33. The summed E-state index contributed by atoms with van der Waals surface area (Å²) in [6, 6.07) is 7.53. The fourth-order valence-corrected chi connectivity index (χ4v) is 3.96. The summed E-state index contributed by atoms with van der Waals surface area (Å²) in [6.45, 7) is 7.54. The number of hydrogen-bond acceptors (Lipinski definition) is 4. The highest BCUT2D eigenvalue weighted by Gasteiger charge is 2.31. The van der Waals surface area contributed by atoms with Gasteiger partial charge in [0, 0.05) is 54.9 Å². The van der Waals surface area contributed by atoms with Crippen molar-refractivity contribution in [3.63, 3.8) is 0 Å². The van der Waals surface area contributed by atoms with Gasteiger partial charge in [-0.2, -0.15) is 0 Å². The molecule has 2 fully saturated rings. The molecule has 0 unspecified atom stereocenters. The Hall–Kier alpha value is -0.710. The van der Waals surface area contributed by atoms with Crippen LogP contribution in [0, 0.1) is 0 Å². The van der Waals surface area contributed by atoms with Crippen molar-refractivity contribution in [3.05, 3.63) is 23.8 Å². The van der Waals surface area contributed by atoms with Crippen LogP contribution in [0.5, 0.6) is 0 Å². The smallest absolute Gasteiger partial charge is 0.0423 e. The molecule has 3 rings (SSSR count). The van der Waals surface area contributed by atoms with Gasteiger partial charge in [-0.15, -0.1) is 11.8 Å². The Bertz CT molecular complexity index is 451. The van der Waals surface area contributed by atoms with Crippen molar-refractivity contribution < 1.29 is 0 Å². The molecule has 0 atom stereocenters. The Balaban J connectivity index is 1.74. The average molecular weight is 291 g/mol. The molecule has 1 saturated heterocycles. The molecule has 0 spiro atoms. The van der Waals surface area contributed by atoms with E-state index >= 15 is 0 Å². The van der Waals surface area contributed by atoms with Crippen LogP contribution in [0.2, 0.25) is 0 Å². The number of piperazine rings is 1. The van der Waals surface area contributed by atoms with Crippen molar-refractivity contribution in [2.75, 3.05) is 36.8 Å². The molecule has 0 amide bonds. The Labute approximate surface area is 126 Å². The van der Waals surface area contributed by atoms with E-state index in [2.05, 4.69) is 34.9 Å². The molecule has 1 saturated carbocycles. The Morgan fingerprint density at radius 1 is 1.20 bits per heavy atom. The van der Waals surface area contributed by atoms with Gasteiger partial charge in [0.2, 0.25) is 0 Å². The van der Waals surface area contributed by atoms with E-state index in [1.165, 1.54) is 42.1 Å². The van der Waals surface area contributed by atoms with Gasteiger partial charge in [-0.05, 0) is 30.7 Å². The summed E-state index contributed by atoms with van der Waals surface area (Å²) < 4.78 is 0. The summed E-state index contributed by atoms with van der Waals surface area (Å²) in [7, 11) is 0. The van der Waals surface area contributed by atoms with Crippen molar-refractivity contribution in [2.24, 2.45) is 5.73 Å². The molecular weight excluding hydrogens is 266 g/mol. The summed E-state index contributed by atoms with van der Waals surface area (Å²) in [5.74, 6) is 1.10. The predicted octanol–water partition coefficient (Wildman–Crippen LogP) is 2.54. The van der Waals surface area contributed by atoms with Crippen LogP contribution < -0.4 is 10.6 Å². The maximum absolute atomic E-state index is 6.02. The van der Waals surface area contributed by atoms with Crippen molar-refractivity contribution >= 4 is 17.4 Å². The molecule has 1 aliphatic carbocycles. The number of nitrogens with two attached hydrogens (primary N) is 1. The lowest BCUT2D eigenvalue weighted by Gasteiger charge is -2.37. The summed E-state index contributed by atoms with van der Waals surface area (Å²) >= 11 is 1.90. The van der Waals surface area contributed by atoms with Gasteiger partial charge < -0.3 is 10.6 Å². The van der Waals surface area contributed by atoms with E-state index in [1.807, 2.05) is 11.8 Å². The maximum atomic E-state index is 6.02. The van der Waals surface area contributed by atoms with Crippen LogP contribution in [-0.4, -0.2) is 42.9 Å². The maximum Gasteiger partial charge on any atom is 0.0423 e. The van der Waals surface area contributed by atoms with Gasteiger partial charge in [-0.1, -0.05) is 13.0 Å². The molecule has 4 heteroatoms. The molecule has 1 aromatic carbocycles. The van der Waals surface area contributed by atoms with E-state index in [9.17, 15) is 0 Å². The molecular formula is C16H25N3S. The van der Waals surface area contributed by atoms with Gasteiger partial charge in [0.1, 0.15) is 0 Å². The van der Waals surface area contributed by atoms with Gasteiger partial charge in [0.15, 0.2) is 0 Å². The molecule has 1 heterocycles. The Morgan fingerprint density at radius 3 is 2.55 bits per heavy atom.